The van der Waals surface area contributed by atoms with Crippen LogP contribution in [-0.4, -0.2) is 24.9 Å². The third-order valence-corrected chi connectivity index (χ3v) is 6.44. The van der Waals surface area contributed by atoms with Gasteiger partial charge in [-0.1, -0.05) is 12.2 Å². The number of anilines is 1. The number of hydrogen-bond donors (Lipinski definition) is 1. The highest BCUT2D eigenvalue weighted by Crippen LogP contribution is 2.28. The molecule has 0 aliphatic rings. The molecule has 0 saturated carbocycles. The summed E-state index contributed by atoms with van der Waals surface area (Å²) in [5.41, 5.74) is 6.09. The number of hydrogen-bond acceptors (Lipinski definition) is 5. The van der Waals surface area contributed by atoms with Gasteiger partial charge in [0.25, 0.3) is 10.0 Å². The van der Waals surface area contributed by atoms with Gasteiger partial charge in [-0.2, -0.15) is 0 Å². The van der Waals surface area contributed by atoms with Crippen LogP contribution in [0.2, 0.25) is 0 Å². The maximum Gasteiger partial charge on any atom is 0.273 e. The second kappa shape index (κ2) is 5.86. The number of thiophene rings is 1. The fraction of sp³-hybridized carbons (Fsp3) is 0.167. The molecular weight excluding hydrogens is 314 g/mol. The molecule has 2 aromatic rings. The molecular formula is C12H13N3O2S3. The van der Waals surface area contributed by atoms with Gasteiger partial charge in [0.2, 0.25) is 0 Å². The van der Waals surface area contributed by atoms with Gasteiger partial charge < -0.3 is 5.73 Å². The molecule has 0 fully saturated rings. The topological polar surface area (TPSA) is 76.3 Å². The molecule has 0 bridgehead atoms. The van der Waals surface area contributed by atoms with Gasteiger partial charge in [0, 0.05) is 18.9 Å². The van der Waals surface area contributed by atoms with Crippen LogP contribution in [0.25, 0.3) is 0 Å². The number of aromatic nitrogens is 1. The molecule has 0 amide bonds. The van der Waals surface area contributed by atoms with Crippen LogP contribution in [-0.2, 0) is 10.0 Å². The van der Waals surface area contributed by atoms with Gasteiger partial charge >= 0.3 is 0 Å². The van der Waals surface area contributed by atoms with Gasteiger partial charge in [0.05, 0.1) is 10.6 Å². The summed E-state index contributed by atoms with van der Waals surface area (Å²) in [6.45, 7) is 2.10. The van der Waals surface area contributed by atoms with E-state index in [-0.39, 0.29) is 9.20 Å². The van der Waals surface area contributed by atoms with E-state index < -0.39 is 10.0 Å². The summed E-state index contributed by atoms with van der Waals surface area (Å²) in [6.07, 6.45) is 3.12. The first-order valence-electron chi connectivity index (χ1n) is 5.79. The largest absolute Gasteiger partial charge is 0.389 e. The third kappa shape index (κ3) is 2.82. The molecule has 0 atom stereocenters. The van der Waals surface area contributed by atoms with Crippen LogP contribution in [0.4, 0.5) is 5.69 Å². The number of rotatable bonds is 5. The van der Waals surface area contributed by atoms with E-state index in [9.17, 15) is 8.42 Å². The zero-order valence-corrected chi connectivity index (χ0v) is 13.1. The molecule has 5 nitrogen and oxygen atoms in total. The van der Waals surface area contributed by atoms with Crippen molar-refractivity contribution in [1.82, 2.24) is 4.98 Å². The molecule has 0 aliphatic carbocycles. The molecule has 0 radical (unpaired) electrons. The predicted octanol–water partition coefficient (Wildman–Crippen LogP) is 1.99. The van der Waals surface area contributed by atoms with Crippen molar-refractivity contribution in [2.45, 2.75) is 11.1 Å². The number of nitrogens with two attached hydrogens (primary N) is 1. The maximum atomic E-state index is 12.6. The Morgan fingerprint density at radius 1 is 1.35 bits per heavy atom. The number of thiocarbonyl (C=S) groups is 1. The van der Waals surface area contributed by atoms with Crippen molar-refractivity contribution < 1.29 is 8.42 Å². The lowest BCUT2D eigenvalue weighted by Crippen LogP contribution is -2.30. The van der Waals surface area contributed by atoms with E-state index in [0.29, 0.717) is 17.1 Å². The average Bonchev–Trinajstić information content (AvgIpc) is 2.91. The van der Waals surface area contributed by atoms with E-state index in [1.165, 1.54) is 10.4 Å². The standard InChI is InChI=1S/C12H13N3O2S3/c1-2-15(9-5-7-14-8-6-9)20(16,17)11-4-3-10(19-11)12(13)18/h3-8H,2H2,1H3,(H2,13,18). The van der Waals surface area contributed by atoms with Crippen LogP contribution in [0.1, 0.15) is 11.8 Å². The van der Waals surface area contributed by atoms with Crippen molar-refractivity contribution in [2.75, 3.05) is 10.8 Å². The van der Waals surface area contributed by atoms with E-state index >= 15 is 0 Å². The van der Waals surface area contributed by atoms with Crippen molar-refractivity contribution in [2.24, 2.45) is 5.73 Å². The summed E-state index contributed by atoms with van der Waals surface area (Å²) in [5, 5.41) is 0. The van der Waals surface area contributed by atoms with Crippen molar-refractivity contribution in [3.05, 3.63) is 41.5 Å². The van der Waals surface area contributed by atoms with Crippen LogP contribution in [0, 0.1) is 0 Å². The minimum Gasteiger partial charge on any atom is -0.389 e. The van der Waals surface area contributed by atoms with E-state index in [0.717, 1.165) is 11.3 Å². The molecule has 2 N–H and O–H groups in total. The SMILES string of the molecule is CCN(c1ccncc1)S(=O)(=O)c1ccc(C(N)=S)s1. The smallest absolute Gasteiger partial charge is 0.273 e. The zero-order valence-electron chi connectivity index (χ0n) is 10.7. The molecule has 8 heteroatoms. The van der Waals surface area contributed by atoms with Gasteiger partial charge in [0.15, 0.2) is 0 Å². The monoisotopic (exact) mass is 327 g/mol. The first-order valence-corrected chi connectivity index (χ1v) is 8.45. The van der Waals surface area contributed by atoms with Gasteiger partial charge in [-0.05, 0) is 31.2 Å². The zero-order chi connectivity index (χ0) is 14.8. The molecule has 0 spiro atoms. The van der Waals surface area contributed by atoms with Gasteiger partial charge in [-0.25, -0.2) is 8.42 Å². The Labute approximate surface area is 127 Å². The Balaban J connectivity index is 2.44. The predicted molar refractivity (Wildman–Crippen MR) is 84.6 cm³/mol. The second-order valence-electron chi connectivity index (χ2n) is 3.86. The average molecular weight is 327 g/mol. The Hall–Kier alpha value is -1.51. The Morgan fingerprint density at radius 2 is 2.00 bits per heavy atom. The maximum absolute atomic E-state index is 12.6. The molecule has 0 aromatic carbocycles. The molecule has 2 heterocycles. The highest BCUT2D eigenvalue weighted by molar-refractivity contribution is 7.94. The summed E-state index contributed by atoms with van der Waals surface area (Å²) in [4.78, 5) is 4.68. The van der Waals surface area contributed by atoms with Gasteiger partial charge in [-0.15, -0.1) is 11.3 Å². The fourth-order valence-corrected chi connectivity index (χ4v) is 4.64. The quantitative estimate of drug-likeness (QED) is 0.850. The molecule has 106 valence electrons. The lowest BCUT2D eigenvalue weighted by molar-refractivity contribution is 0.594. The summed E-state index contributed by atoms with van der Waals surface area (Å²) >= 11 is 5.93. The minimum atomic E-state index is -3.61. The van der Waals surface area contributed by atoms with Crippen LogP contribution < -0.4 is 10.0 Å². The Bertz CT molecular complexity index is 711. The summed E-state index contributed by atoms with van der Waals surface area (Å²) in [7, 11) is -3.61. The molecule has 2 aromatic heterocycles. The number of pyridine rings is 1. The minimum absolute atomic E-state index is 0.198. The highest BCUT2D eigenvalue weighted by atomic mass is 32.2. The fourth-order valence-electron chi connectivity index (χ4n) is 1.70. The van der Waals surface area contributed by atoms with E-state index in [4.69, 9.17) is 18.0 Å². The van der Waals surface area contributed by atoms with Crippen LogP contribution in [0.5, 0.6) is 0 Å². The van der Waals surface area contributed by atoms with Crippen molar-refractivity contribution >= 4 is 44.3 Å². The van der Waals surface area contributed by atoms with Crippen LogP contribution in [0.15, 0.2) is 40.9 Å². The lowest BCUT2D eigenvalue weighted by atomic mass is 10.4. The van der Waals surface area contributed by atoms with Crippen molar-refractivity contribution in [1.29, 1.82) is 0 Å². The summed E-state index contributed by atoms with van der Waals surface area (Å²) in [6, 6.07) is 6.46. The first kappa shape index (κ1) is 14.9. The van der Waals surface area contributed by atoms with E-state index in [2.05, 4.69) is 4.98 Å². The normalized spacial score (nSPS) is 11.2. The second-order valence-corrected chi connectivity index (χ2v) is 7.47. The van der Waals surface area contributed by atoms with Crippen molar-refractivity contribution in [3.63, 3.8) is 0 Å². The molecule has 0 unspecified atom stereocenters. The summed E-state index contributed by atoms with van der Waals surface area (Å²) < 4.78 is 26.8. The molecule has 20 heavy (non-hydrogen) atoms. The summed E-state index contributed by atoms with van der Waals surface area (Å²) in [5.74, 6) is 0. The highest BCUT2D eigenvalue weighted by Gasteiger charge is 2.25. The number of nitrogens with zero attached hydrogens (tertiary/aromatic N) is 2. The van der Waals surface area contributed by atoms with Gasteiger partial charge in [0.1, 0.15) is 9.20 Å². The van der Waals surface area contributed by atoms with E-state index in [1.807, 2.05) is 0 Å². The first-order chi connectivity index (χ1) is 9.46. The molecule has 2 rings (SSSR count). The third-order valence-electron chi connectivity index (χ3n) is 2.61. The Morgan fingerprint density at radius 3 is 2.50 bits per heavy atom. The lowest BCUT2D eigenvalue weighted by Gasteiger charge is -2.21. The van der Waals surface area contributed by atoms with Gasteiger partial charge in [-0.3, -0.25) is 9.29 Å². The van der Waals surface area contributed by atoms with Crippen LogP contribution in [0.3, 0.4) is 0 Å². The number of sulfonamides is 1. The van der Waals surface area contributed by atoms with Crippen molar-refractivity contribution in [3.8, 4) is 0 Å². The Kier molecular flexibility index (Phi) is 4.36. The van der Waals surface area contributed by atoms with Crippen LogP contribution >= 0.6 is 23.6 Å². The molecule has 0 aliphatic heterocycles. The molecule has 0 saturated heterocycles. The van der Waals surface area contributed by atoms with E-state index in [1.54, 1.807) is 37.5 Å².